The van der Waals surface area contributed by atoms with Crippen LogP contribution in [0.15, 0.2) is 12.2 Å². The zero-order valence-electron chi connectivity index (χ0n) is 28.3. The van der Waals surface area contributed by atoms with Crippen LogP contribution in [-0.4, -0.2) is 114 Å². The molecule has 5 fully saturated rings. The second-order valence-electron chi connectivity index (χ2n) is 15.3. The molecule has 20 heteroatoms. The van der Waals surface area contributed by atoms with E-state index in [4.69, 9.17) is 18.4 Å². The molecule has 0 aromatic rings. The number of aliphatic hydroxyl groups excluding tert-OH is 2. The van der Waals surface area contributed by atoms with Gasteiger partial charge in [0.15, 0.2) is 23.9 Å². The second kappa shape index (κ2) is 13.9. The van der Waals surface area contributed by atoms with Gasteiger partial charge in [0.05, 0.1) is 18.8 Å². The number of carbonyl (C=O) groups is 3. The first-order valence-corrected chi connectivity index (χ1v) is 19.5. The number of carboxylic acid groups (broad SMARTS) is 2. The van der Waals surface area contributed by atoms with E-state index >= 15 is 0 Å². The molecule has 1 aliphatic heterocycles. The molecule has 0 aromatic heterocycles. The van der Waals surface area contributed by atoms with Crippen LogP contribution >= 0.6 is 0 Å². The van der Waals surface area contributed by atoms with Crippen molar-refractivity contribution in [2.75, 3.05) is 6.61 Å². The first kappa shape index (κ1) is 39.9. The smallest absolute Gasteiger partial charge is 0.397 e. The summed E-state index contributed by atoms with van der Waals surface area (Å²) in [4.78, 5) is 39.3. The minimum atomic E-state index is -5.51. The van der Waals surface area contributed by atoms with Gasteiger partial charge in [0.1, 0.15) is 12.2 Å². The Morgan fingerprint density at radius 1 is 0.922 bits per heavy atom. The molecule has 6 N–H and O–H groups in total. The van der Waals surface area contributed by atoms with Gasteiger partial charge in [-0.05, 0) is 73.2 Å². The molecule has 0 aromatic carbocycles. The van der Waals surface area contributed by atoms with Crippen molar-refractivity contribution >= 4 is 38.7 Å². The van der Waals surface area contributed by atoms with Crippen molar-refractivity contribution in [1.29, 1.82) is 0 Å². The van der Waals surface area contributed by atoms with Crippen molar-refractivity contribution in [2.45, 2.75) is 115 Å². The fraction of sp³-hybridized carbons (Fsp3) is 0.839. The number of aliphatic hydroxyl groups is 2. The number of esters is 1. The van der Waals surface area contributed by atoms with Crippen molar-refractivity contribution in [1.82, 2.24) is 0 Å². The van der Waals surface area contributed by atoms with Crippen LogP contribution in [0.4, 0.5) is 0 Å². The summed E-state index contributed by atoms with van der Waals surface area (Å²) in [5.41, 5.74) is -3.52. The van der Waals surface area contributed by atoms with Gasteiger partial charge in [0.25, 0.3) is 0 Å². The van der Waals surface area contributed by atoms with Crippen molar-refractivity contribution in [3.8, 4) is 0 Å². The van der Waals surface area contributed by atoms with E-state index in [1.807, 2.05) is 0 Å². The molecular weight excluding hydrogens is 724 g/mol. The highest BCUT2D eigenvalue weighted by atomic mass is 32.3. The molecule has 51 heavy (non-hydrogen) atoms. The molecular formula is C31H46O18S2. The summed E-state index contributed by atoms with van der Waals surface area (Å²) in [6, 6.07) is 0. The number of hydrogen-bond acceptors (Lipinski definition) is 14. The first-order valence-electron chi connectivity index (χ1n) is 16.7. The third-order valence-electron chi connectivity index (χ3n) is 12.0. The van der Waals surface area contributed by atoms with E-state index in [1.165, 1.54) is 0 Å². The lowest BCUT2D eigenvalue weighted by atomic mass is 9.40. The van der Waals surface area contributed by atoms with E-state index in [0.717, 1.165) is 0 Å². The lowest BCUT2D eigenvalue weighted by molar-refractivity contribution is -0.318. The minimum absolute atomic E-state index is 0.00133. The summed E-state index contributed by atoms with van der Waals surface area (Å²) in [6.07, 6.45) is -11.5. The molecule has 290 valence electrons. The summed E-state index contributed by atoms with van der Waals surface area (Å²) in [5.74, 6) is -5.84. The zero-order chi connectivity index (χ0) is 38.1. The largest absolute Gasteiger partial charge is 0.480 e. The molecule has 0 unspecified atom stereocenters. The standard InChI is InChI=1S/C31H46O18S2/c1-14(2)9-21(33)47-24-23(49-51(42,43)44)22(48-50(39,40)41)18(13-32)46-26(24)45-17-11-29(4)19-6-5-16-10-30(19,25(34)15(16)3)8-7-20(29)31(12-17,27(35)36)28(37)38/h14,16-20,22-26,32,34H,3,5-13H2,1-2,4H3,(H,35,36)(H,37,38)(H,39,40,41)(H,42,43,44)/t16-,17-,18+,19-,20-,22+,23+,24-,25+,26+,29-,30-/m1/s1. The topological polar surface area (TPSA) is 287 Å². The summed E-state index contributed by atoms with van der Waals surface area (Å²) in [7, 11) is -11.0. The Morgan fingerprint density at radius 3 is 2.08 bits per heavy atom. The Kier molecular flexibility index (Phi) is 10.8. The van der Waals surface area contributed by atoms with E-state index in [1.54, 1.807) is 20.8 Å². The lowest BCUT2D eigenvalue weighted by Crippen LogP contribution is -2.67. The average molecular weight is 771 g/mol. The summed E-state index contributed by atoms with van der Waals surface area (Å²) in [5, 5.41) is 42.9. The number of rotatable bonds is 12. The molecule has 1 spiro atoms. The molecule has 0 radical (unpaired) electrons. The number of carbonyl (C=O) groups excluding carboxylic acids is 1. The molecule has 0 amide bonds. The van der Waals surface area contributed by atoms with E-state index in [9.17, 15) is 60.8 Å². The Labute approximate surface area is 295 Å². The van der Waals surface area contributed by atoms with E-state index in [2.05, 4.69) is 10.8 Å². The zero-order valence-corrected chi connectivity index (χ0v) is 30.0. The van der Waals surface area contributed by atoms with Gasteiger partial charge in [0, 0.05) is 18.3 Å². The van der Waals surface area contributed by atoms with Gasteiger partial charge in [-0.1, -0.05) is 27.4 Å². The van der Waals surface area contributed by atoms with Gasteiger partial charge in [-0.3, -0.25) is 23.5 Å². The maximum atomic E-state index is 13.1. The van der Waals surface area contributed by atoms with Crippen LogP contribution < -0.4 is 0 Å². The lowest BCUT2D eigenvalue weighted by Gasteiger charge is -2.64. The van der Waals surface area contributed by atoms with Gasteiger partial charge in [0.2, 0.25) is 0 Å². The molecule has 2 bridgehead atoms. The van der Waals surface area contributed by atoms with Crippen molar-refractivity contribution < 1.29 is 83.3 Å². The SMILES string of the molecule is C=C1[C@@H]2CC[C@@H]3[C@@]4(C)C[C@@H](O[C@H]5O[C@@H](CO)[C@H](OS(=O)(=O)O)[C@H](OS(=O)(=O)O)[C@H]5OC(=O)CC(C)C)CC(C(=O)O)(C(=O)O)[C@@H]4CC[C@]3(C2)[C@H]1O. The molecule has 12 atom stereocenters. The molecule has 5 rings (SSSR count). The Bertz CT molecular complexity index is 1610. The number of ether oxygens (including phenoxy) is 3. The quantitative estimate of drug-likeness (QED) is 0.0533. The van der Waals surface area contributed by atoms with E-state index in [0.29, 0.717) is 31.3 Å². The number of hydrogen-bond donors (Lipinski definition) is 6. The highest BCUT2D eigenvalue weighted by molar-refractivity contribution is 7.81. The molecule has 4 saturated carbocycles. The highest BCUT2D eigenvalue weighted by Crippen LogP contribution is 2.72. The molecule has 1 saturated heterocycles. The number of aliphatic carboxylic acids is 2. The maximum Gasteiger partial charge on any atom is 0.397 e. The summed E-state index contributed by atoms with van der Waals surface area (Å²) in [6.45, 7) is 8.03. The maximum absolute atomic E-state index is 13.1. The van der Waals surface area contributed by atoms with Gasteiger partial charge in [-0.25, -0.2) is 8.37 Å². The molecule has 4 aliphatic carbocycles. The van der Waals surface area contributed by atoms with Crippen LogP contribution in [0.1, 0.15) is 72.1 Å². The van der Waals surface area contributed by atoms with Crippen LogP contribution in [-0.2, 0) is 57.8 Å². The first-order chi connectivity index (χ1) is 23.5. The fourth-order valence-corrected chi connectivity index (χ4v) is 11.3. The third-order valence-corrected chi connectivity index (χ3v) is 12.9. The Morgan fingerprint density at radius 2 is 1.53 bits per heavy atom. The van der Waals surface area contributed by atoms with Crippen molar-refractivity contribution in [3.05, 3.63) is 12.2 Å². The highest BCUT2D eigenvalue weighted by Gasteiger charge is 2.72. The second-order valence-corrected chi connectivity index (χ2v) is 17.4. The van der Waals surface area contributed by atoms with Crippen LogP contribution in [0, 0.1) is 39.9 Å². The fourth-order valence-electron chi connectivity index (χ4n) is 10.3. The third kappa shape index (κ3) is 7.20. The normalized spacial score (nSPS) is 40.7. The molecule has 18 nitrogen and oxygen atoms in total. The van der Waals surface area contributed by atoms with Crippen LogP contribution in [0.5, 0.6) is 0 Å². The predicted molar refractivity (Wildman–Crippen MR) is 169 cm³/mol. The van der Waals surface area contributed by atoms with Crippen molar-refractivity contribution in [2.24, 2.45) is 39.9 Å². The monoisotopic (exact) mass is 770 g/mol. The summed E-state index contributed by atoms with van der Waals surface area (Å²) >= 11 is 0. The Hall–Kier alpha value is -2.27. The minimum Gasteiger partial charge on any atom is -0.480 e. The van der Waals surface area contributed by atoms with Crippen LogP contribution in [0.3, 0.4) is 0 Å². The van der Waals surface area contributed by atoms with Crippen LogP contribution in [0.25, 0.3) is 0 Å². The number of carboxylic acids is 2. The van der Waals surface area contributed by atoms with Gasteiger partial charge < -0.3 is 34.6 Å². The van der Waals surface area contributed by atoms with E-state index < -0.39 is 117 Å². The molecule has 1 heterocycles. The number of fused-ring (bicyclic) bond motifs is 3. The Balaban J connectivity index is 1.59. The van der Waals surface area contributed by atoms with Gasteiger partial charge in [-0.15, -0.1) is 0 Å². The van der Waals surface area contributed by atoms with Crippen molar-refractivity contribution in [3.63, 3.8) is 0 Å². The summed E-state index contributed by atoms with van der Waals surface area (Å²) < 4.78 is 93.4. The van der Waals surface area contributed by atoms with E-state index in [-0.39, 0.29) is 37.0 Å². The van der Waals surface area contributed by atoms with Gasteiger partial charge in [-0.2, -0.15) is 16.8 Å². The average Bonchev–Trinajstić information content (AvgIpc) is 3.16. The predicted octanol–water partition coefficient (Wildman–Crippen LogP) is 1.12. The van der Waals surface area contributed by atoms with Gasteiger partial charge >= 0.3 is 38.7 Å². The molecule has 5 aliphatic rings. The van der Waals surface area contributed by atoms with Crippen LogP contribution in [0.2, 0.25) is 0 Å².